The maximum absolute atomic E-state index is 12.7. The molecule has 1 aromatic carbocycles. The van der Waals surface area contributed by atoms with Gasteiger partial charge in [-0.1, -0.05) is 36.0 Å². The monoisotopic (exact) mass is 393 g/mol. The highest BCUT2D eigenvalue weighted by molar-refractivity contribution is 8.00. The number of allylic oxidation sites excluding steroid dienone is 1. The second-order valence-electron chi connectivity index (χ2n) is 6.46. The fraction of sp³-hybridized carbons (Fsp3) is 0.238. The van der Waals surface area contributed by atoms with Crippen LogP contribution in [-0.4, -0.2) is 30.9 Å². The van der Waals surface area contributed by atoms with Gasteiger partial charge in [0.2, 0.25) is 5.91 Å². The molecule has 0 fully saturated rings. The van der Waals surface area contributed by atoms with E-state index >= 15 is 0 Å². The van der Waals surface area contributed by atoms with Crippen LogP contribution in [0.4, 0.5) is 5.69 Å². The van der Waals surface area contributed by atoms with Gasteiger partial charge in [-0.3, -0.25) is 14.3 Å². The Kier molecular flexibility index (Phi) is 6.26. The summed E-state index contributed by atoms with van der Waals surface area (Å²) in [6.07, 6.45) is 5.23. The molecule has 0 spiro atoms. The summed E-state index contributed by atoms with van der Waals surface area (Å²) in [5, 5.41) is 12.0. The molecule has 2 heterocycles. The summed E-state index contributed by atoms with van der Waals surface area (Å²) in [5.41, 5.74) is 3.87. The first kappa shape index (κ1) is 19.8. The van der Waals surface area contributed by atoms with E-state index in [9.17, 15) is 4.79 Å². The molecule has 28 heavy (non-hydrogen) atoms. The Morgan fingerprint density at radius 1 is 1.21 bits per heavy atom. The van der Waals surface area contributed by atoms with E-state index in [0.29, 0.717) is 11.7 Å². The van der Waals surface area contributed by atoms with Gasteiger partial charge in [-0.25, -0.2) is 0 Å². The second-order valence-corrected chi connectivity index (χ2v) is 7.77. The fourth-order valence-electron chi connectivity index (χ4n) is 2.83. The first-order valence-electron chi connectivity index (χ1n) is 8.99. The minimum Gasteiger partial charge on any atom is -0.325 e. The molecule has 1 N–H and O–H groups in total. The molecule has 0 bridgehead atoms. The fourth-order valence-corrected chi connectivity index (χ4v) is 3.69. The van der Waals surface area contributed by atoms with Gasteiger partial charge in [0, 0.05) is 30.2 Å². The Morgan fingerprint density at radius 3 is 2.54 bits per heavy atom. The number of pyridine rings is 1. The molecule has 0 saturated heterocycles. The summed E-state index contributed by atoms with van der Waals surface area (Å²) in [6, 6.07) is 9.73. The highest BCUT2D eigenvalue weighted by atomic mass is 32.2. The van der Waals surface area contributed by atoms with Crippen LogP contribution in [-0.2, 0) is 11.3 Å². The average Bonchev–Trinajstić information content (AvgIpc) is 3.08. The number of para-hydroxylation sites is 1. The molecule has 0 saturated carbocycles. The van der Waals surface area contributed by atoms with E-state index in [1.54, 1.807) is 18.5 Å². The summed E-state index contributed by atoms with van der Waals surface area (Å²) in [7, 11) is 0. The number of carbonyl (C=O) groups excluding carboxylic acids is 1. The molecule has 144 valence electrons. The van der Waals surface area contributed by atoms with Crippen LogP contribution >= 0.6 is 11.8 Å². The van der Waals surface area contributed by atoms with Crippen LogP contribution < -0.4 is 5.32 Å². The number of hydrogen-bond donors (Lipinski definition) is 1. The van der Waals surface area contributed by atoms with Crippen LogP contribution in [0.25, 0.3) is 11.4 Å². The number of rotatable bonds is 7. The summed E-state index contributed by atoms with van der Waals surface area (Å²) in [4.78, 5) is 16.8. The quantitative estimate of drug-likeness (QED) is 0.480. The van der Waals surface area contributed by atoms with Gasteiger partial charge in [0.15, 0.2) is 11.0 Å². The van der Waals surface area contributed by atoms with Gasteiger partial charge in [-0.15, -0.1) is 16.8 Å². The largest absolute Gasteiger partial charge is 0.325 e. The molecule has 7 heteroatoms. The molecule has 2 aromatic heterocycles. The van der Waals surface area contributed by atoms with Crippen LogP contribution in [0.1, 0.15) is 18.1 Å². The number of anilines is 1. The molecule has 0 aliphatic carbocycles. The number of nitrogens with one attached hydrogen (secondary N) is 1. The molecular formula is C21H23N5OS. The zero-order valence-corrected chi connectivity index (χ0v) is 17.0. The van der Waals surface area contributed by atoms with Crippen molar-refractivity contribution < 1.29 is 4.79 Å². The van der Waals surface area contributed by atoms with Gasteiger partial charge in [0.1, 0.15) is 0 Å². The first-order chi connectivity index (χ1) is 13.5. The van der Waals surface area contributed by atoms with Crippen molar-refractivity contribution >= 4 is 23.4 Å². The zero-order valence-electron chi connectivity index (χ0n) is 16.2. The molecule has 3 rings (SSSR count). The molecule has 0 unspecified atom stereocenters. The number of nitrogens with zero attached hydrogens (tertiary/aromatic N) is 4. The van der Waals surface area contributed by atoms with Gasteiger partial charge >= 0.3 is 0 Å². The number of benzene rings is 1. The van der Waals surface area contributed by atoms with Crippen LogP contribution in [0.3, 0.4) is 0 Å². The van der Waals surface area contributed by atoms with Crippen molar-refractivity contribution in [2.75, 3.05) is 5.32 Å². The smallest absolute Gasteiger partial charge is 0.237 e. The van der Waals surface area contributed by atoms with Crippen LogP contribution in [0.15, 0.2) is 60.5 Å². The van der Waals surface area contributed by atoms with Gasteiger partial charge in [0.05, 0.1) is 5.25 Å². The van der Waals surface area contributed by atoms with Gasteiger partial charge in [-0.2, -0.15) is 0 Å². The lowest BCUT2D eigenvalue weighted by atomic mass is 10.1. The van der Waals surface area contributed by atoms with Crippen LogP contribution in [0.5, 0.6) is 0 Å². The summed E-state index contributed by atoms with van der Waals surface area (Å²) >= 11 is 1.38. The van der Waals surface area contributed by atoms with E-state index in [4.69, 9.17) is 0 Å². The van der Waals surface area contributed by atoms with E-state index < -0.39 is 0 Å². The third-order valence-corrected chi connectivity index (χ3v) is 5.43. The minimum atomic E-state index is -0.336. The highest BCUT2D eigenvalue weighted by Gasteiger charge is 2.21. The number of aryl methyl sites for hydroxylation is 2. The molecule has 3 aromatic rings. The number of aromatic nitrogens is 4. The van der Waals surface area contributed by atoms with Gasteiger partial charge in [0.25, 0.3) is 0 Å². The zero-order chi connectivity index (χ0) is 20.1. The van der Waals surface area contributed by atoms with Crippen molar-refractivity contribution in [2.45, 2.75) is 37.7 Å². The lowest BCUT2D eigenvalue weighted by molar-refractivity contribution is -0.115. The highest BCUT2D eigenvalue weighted by Crippen LogP contribution is 2.28. The average molecular weight is 394 g/mol. The molecule has 1 amide bonds. The molecule has 0 aliphatic rings. The maximum Gasteiger partial charge on any atom is 0.237 e. The Morgan fingerprint density at radius 2 is 1.89 bits per heavy atom. The van der Waals surface area contributed by atoms with E-state index in [0.717, 1.165) is 28.2 Å². The molecule has 0 radical (unpaired) electrons. The first-order valence-corrected chi connectivity index (χ1v) is 9.87. The predicted octanol–water partition coefficient (Wildman–Crippen LogP) is 4.26. The van der Waals surface area contributed by atoms with Crippen LogP contribution in [0, 0.1) is 13.8 Å². The number of amides is 1. The topological polar surface area (TPSA) is 72.7 Å². The maximum atomic E-state index is 12.7. The predicted molar refractivity (Wildman–Crippen MR) is 113 cm³/mol. The van der Waals surface area contributed by atoms with E-state index in [1.807, 2.05) is 55.7 Å². The Labute approximate surface area is 169 Å². The minimum absolute atomic E-state index is 0.0685. The lowest BCUT2D eigenvalue weighted by Crippen LogP contribution is -2.24. The van der Waals surface area contributed by atoms with E-state index in [1.165, 1.54) is 11.8 Å². The molecule has 0 aliphatic heterocycles. The number of hydrogen-bond acceptors (Lipinski definition) is 5. The summed E-state index contributed by atoms with van der Waals surface area (Å²) in [5.74, 6) is 0.660. The molecular weight excluding hydrogens is 370 g/mol. The van der Waals surface area contributed by atoms with Crippen molar-refractivity contribution in [3.63, 3.8) is 0 Å². The third-order valence-electron chi connectivity index (χ3n) is 4.35. The van der Waals surface area contributed by atoms with Gasteiger partial charge in [-0.05, 0) is 44.0 Å². The third kappa shape index (κ3) is 4.31. The van der Waals surface area contributed by atoms with Crippen molar-refractivity contribution in [2.24, 2.45) is 0 Å². The normalized spacial score (nSPS) is 11.8. The van der Waals surface area contributed by atoms with E-state index in [2.05, 4.69) is 27.1 Å². The Balaban J connectivity index is 1.80. The lowest BCUT2D eigenvalue weighted by Gasteiger charge is -2.15. The number of carbonyl (C=O) groups is 1. The SMILES string of the molecule is C=CCn1c(S[C@@H](C)C(=O)Nc2c(C)cccc2C)nnc1-c1ccncc1. The van der Waals surface area contributed by atoms with Gasteiger partial charge < -0.3 is 5.32 Å². The van der Waals surface area contributed by atoms with E-state index in [-0.39, 0.29) is 11.2 Å². The Hall–Kier alpha value is -2.93. The molecule has 6 nitrogen and oxygen atoms in total. The van der Waals surface area contributed by atoms with Crippen molar-refractivity contribution in [1.82, 2.24) is 19.7 Å². The number of thioether (sulfide) groups is 1. The van der Waals surface area contributed by atoms with Crippen molar-refractivity contribution in [3.05, 3.63) is 66.5 Å². The Bertz CT molecular complexity index is 963. The second kappa shape index (κ2) is 8.84. The summed E-state index contributed by atoms with van der Waals surface area (Å²) < 4.78 is 1.95. The summed E-state index contributed by atoms with van der Waals surface area (Å²) in [6.45, 7) is 10.2. The van der Waals surface area contributed by atoms with Crippen molar-refractivity contribution in [3.8, 4) is 11.4 Å². The van der Waals surface area contributed by atoms with Crippen LogP contribution in [0.2, 0.25) is 0 Å². The van der Waals surface area contributed by atoms with Crippen molar-refractivity contribution in [1.29, 1.82) is 0 Å². The molecule has 1 atom stereocenters. The standard InChI is InChI=1S/C21H23N5OS/c1-5-13-26-19(17-9-11-22-12-10-17)24-25-21(26)28-16(4)20(27)23-18-14(2)7-6-8-15(18)3/h5-12,16H,1,13H2,2-4H3,(H,23,27)/t16-/m0/s1.